The standard InChI is InChI=1S/C16H15BrO/c1-2-6-14-8-3-4-10-16(14)18-12-13-7-5-9-15(17)11-13/h2-5,7-11H,1,6,12H2. The molecule has 2 rings (SSSR count). The quantitative estimate of drug-likeness (QED) is 0.724. The van der Waals surface area contributed by atoms with Crippen LogP contribution < -0.4 is 4.74 Å². The van der Waals surface area contributed by atoms with Crippen molar-refractivity contribution in [3.8, 4) is 5.75 Å². The topological polar surface area (TPSA) is 9.23 Å². The van der Waals surface area contributed by atoms with Gasteiger partial charge in [-0.1, -0.05) is 52.3 Å². The maximum atomic E-state index is 5.86. The summed E-state index contributed by atoms with van der Waals surface area (Å²) in [6.07, 6.45) is 2.72. The molecule has 0 amide bonds. The number of allylic oxidation sites excluding steroid dienone is 1. The van der Waals surface area contributed by atoms with Gasteiger partial charge in [-0.3, -0.25) is 0 Å². The molecular formula is C16H15BrO. The van der Waals surface area contributed by atoms with E-state index in [1.807, 2.05) is 36.4 Å². The van der Waals surface area contributed by atoms with E-state index in [1.165, 1.54) is 5.56 Å². The SMILES string of the molecule is C=CCc1ccccc1OCc1cccc(Br)c1. The first kappa shape index (κ1) is 12.9. The summed E-state index contributed by atoms with van der Waals surface area (Å²) in [4.78, 5) is 0. The Hall–Kier alpha value is -1.54. The Morgan fingerprint density at radius 2 is 1.94 bits per heavy atom. The molecule has 0 saturated carbocycles. The number of halogens is 1. The van der Waals surface area contributed by atoms with Crippen LogP contribution in [0.4, 0.5) is 0 Å². The lowest BCUT2D eigenvalue weighted by atomic mass is 10.1. The Bertz CT molecular complexity index is 534. The minimum atomic E-state index is 0.577. The maximum Gasteiger partial charge on any atom is 0.123 e. The van der Waals surface area contributed by atoms with Crippen molar-refractivity contribution in [1.29, 1.82) is 0 Å². The molecule has 2 heteroatoms. The molecule has 0 N–H and O–H groups in total. The van der Waals surface area contributed by atoms with Crippen LogP contribution in [0.1, 0.15) is 11.1 Å². The summed E-state index contributed by atoms with van der Waals surface area (Å²) < 4.78 is 6.93. The van der Waals surface area contributed by atoms with Crippen molar-refractivity contribution < 1.29 is 4.74 Å². The third kappa shape index (κ3) is 3.47. The summed E-state index contributed by atoms with van der Waals surface area (Å²) in [5.74, 6) is 0.928. The van der Waals surface area contributed by atoms with Gasteiger partial charge in [-0.05, 0) is 35.7 Å². The summed E-state index contributed by atoms with van der Waals surface area (Å²) in [6, 6.07) is 16.2. The summed E-state index contributed by atoms with van der Waals surface area (Å²) in [6.45, 7) is 4.34. The third-order valence-corrected chi connectivity index (χ3v) is 3.11. The molecule has 0 atom stereocenters. The zero-order valence-electron chi connectivity index (χ0n) is 10.1. The number of ether oxygens (including phenoxy) is 1. The lowest BCUT2D eigenvalue weighted by Gasteiger charge is -2.10. The summed E-state index contributed by atoms with van der Waals surface area (Å²) in [7, 11) is 0. The predicted octanol–water partition coefficient (Wildman–Crippen LogP) is 4.76. The normalized spacial score (nSPS) is 10.1. The second-order valence-corrected chi connectivity index (χ2v) is 4.93. The van der Waals surface area contributed by atoms with Crippen molar-refractivity contribution >= 4 is 15.9 Å². The van der Waals surface area contributed by atoms with E-state index in [2.05, 4.69) is 40.7 Å². The van der Waals surface area contributed by atoms with Gasteiger partial charge in [-0.15, -0.1) is 6.58 Å². The van der Waals surface area contributed by atoms with Gasteiger partial charge in [0.15, 0.2) is 0 Å². The van der Waals surface area contributed by atoms with Crippen LogP contribution in [0.25, 0.3) is 0 Å². The van der Waals surface area contributed by atoms with E-state index in [-0.39, 0.29) is 0 Å². The summed E-state index contributed by atoms with van der Waals surface area (Å²) in [5, 5.41) is 0. The number of hydrogen-bond donors (Lipinski definition) is 0. The molecule has 0 heterocycles. The van der Waals surface area contributed by atoms with Crippen molar-refractivity contribution in [2.75, 3.05) is 0 Å². The molecule has 0 saturated heterocycles. The molecule has 0 spiro atoms. The van der Waals surface area contributed by atoms with Crippen molar-refractivity contribution in [3.63, 3.8) is 0 Å². The van der Waals surface area contributed by atoms with Gasteiger partial charge in [-0.2, -0.15) is 0 Å². The van der Waals surface area contributed by atoms with Crippen LogP contribution in [0.5, 0.6) is 5.75 Å². The second kappa shape index (κ2) is 6.41. The Kier molecular flexibility index (Phi) is 4.59. The highest BCUT2D eigenvalue weighted by atomic mass is 79.9. The van der Waals surface area contributed by atoms with Crippen LogP contribution >= 0.6 is 15.9 Å². The molecular weight excluding hydrogens is 288 g/mol. The molecule has 2 aromatic rings. The Morgan fingerprint density at radius 1 is 1.11 bits per heavy atom. The minimum absolute atomic E-state index is 0.577. The molecule has 2 aromatic carbocycles. The molecule has 0 bridgehead atoms. The molecule has 0 unspecified atom stereocenters. The zero-order valence-corrected chi connectivity index (χ0v) is 11.7. The maximum absolute atomic E-state index is 5.86. The van der Waals surface area contributed by atoms with Crippen LogP contribution in [-0.2, 0) is 13.0 Å². The fourth-order valence-corrected chi connectivity index (χ4v) is 2.20. The molecule has 0 radical (unpaired) electrons. The number of hydrogen-bond acceptors (Lipinski definition) is 1. The Labute approximate surface area is 116 Å². The highest BCUT2D eigenvalue weighted by Crippen LogP contribution is 2.21. The van der Waals surface area contributed by atoms with Gasteiger partial charge in [0.25, 0.3) is 0 Å². The van der Waals surface area contributed by atoms with E-state index >= 15 is 0 Å². The molecule has 92 valence electrons. The van der Waals surface area contributed by atoms with Gasteiger partial charge >= 0.3 is 0 Å². The van der Waals surface area contributed by atoms with Gasteiger partial charge in [0, 0.05) is 4.47 Å². The Balaban J connectivity index is 2.08. The van der Waals surface area contributed by atoms with Crippen LogP contribution in [0, 0.1) is 0 Å². The van der Waals surface area contributed by atoms with Gasteiger partial charge < -0.3 is 4.74 Å². The lowest BCUT2D eigenvalue weighted by Crippen LogP contribution is -1.98. The van der Waals surface area contributed by atoms with E-state index in [1.54, 1.807) is 0 Å². The second-order valence-electron chi connectivity index (χ2n) is 4.02. The average molecular weight is 303 g/mol. The first-order valence-electron chi connectivity index (χ1n) is 5.85. The van der Waals surface area contributed by atoms with E-state index in [0.717, 1.165) is 22.2 Å². The smallest absolute Gasteiger partial charge is 0.123 e. The molecule has 18 heavy (non-hydrogen) atoms. The van der Waals surface area contributed by atoms with Crippen molar-refractivity contribution in [2.24, 2.45) is 0 Å². The Morgan fingerprint density at radius 3 is 2.72 bits per heavy atom. The first-order valence-corrected chi connectivity index (χ1v) is 6.65. The monoisotopic (exact) mass is 302 g/mol. The molecule has 0 aliphatic carbocycles. The van der Waals surface area contributed by atoms with Crippen molar-refractivity contribution in [3.05, 3.63) is 76.8 Å². The van der Waals surface area contributed by atoms with Crippen LogP contribution in [0.3, 0.4) is 0 Å². The average Bonchev–Trinajstić information content (AvgIpc) is 2.38. The molecule has 1 nitrogen and oxygen atoms in total. The van der Waals surface area contributed by atoms with Crippen LogP contribution in [-0.4, -0.2) is 0 Å². The van der Waals surface area contributed by atoms with Gasteiger partial charge in [0.1, 0.15) is 12.4 Å². The molecule has 0 aliphatic rings. The number of benzene rings is 2. The molecule has 0 fully saturated rings. The van der Waals surface area contributed by atoms with Crippen LogP contribution in [0.2, 0.25) is 0 Å². The molecule has 0 aromatic heterocycles. The zero-order chi connectivity index (χ0) is 12.8. The highest BCUT2D eigenvalue weighted by molar-refractivity contribution is 9.10. The summed E-state index contributed by atoms with van der Waals surface area (Å²) >= 11 is 3.46. The minimum Gasteiger partial charge on any atom is -0.489 e. The molecule has 0 aliphatic heterocycles. The fraction of sp³-hybridized carbons (Fsp3) is 0.125. The van der Waals surface area contributed by atoms with E-state index < -0.39 is 0 Å². The van der Waals surface area contributed by atoms with E-state index in [0.29, 0.717) is 6.61 Å². The van der Waals surface area contributed by atoms with Gasteiger partial charge in [0.2, 0.25) is 0 Å². The first-order chi connectivity index (χ1) is 8.79. The summed E-state index contributed by atoms with van der Waals surface area (Å²) in [5.41, 5.74) is 2.32. The van der Waals surface area contributed by atoms with Crippen LogP contribution in [0.15, 0.2) is 65.7 Å². The number of para-hydroxylation sites is 1. The fourth-order valence-electron chi connectivity index (χ4n) is 1.76. The van der Waals surface area contributed by atoms with Crippen molar-refractivity contribution in [2.45, 2.75) is 13.0 Å². The highest BCUT2D eigenvalue weighted by Gasteiger charge is 2.02. The van der Waals surface area contributed by atoms with Crippen molar-refractivity contribution in [1.82, 2.24) is 0 Å². The number of rotatable bonds is 5. The predicted molar refractivity (Wildman–Crippen MR) is 78.8 cm³/mol. The van der Waals surface area contributed by atoms with E-state index in [4.69, 9.17) is 4.74 Å². The van der Waals surface area contributed by atoms with Gasteiger partial charge in [0.05, 0.1) is 0 Å². The van der Waals surface area contributed by atoms with E-state index in [9.17, 15) is 0 Å². The lowest BCUT2D eigenvalue weighted by molar-refractivity contribution is 0.303. The van der Waals surface area contributed by atoms with Gasteiger partial charge in [-0.25, -0.2) is 0 Å². The third-order valence-electron chi connectivity index (χ3n) is 2.62. The largest absolute Gasteiger partial charge is 0.489 e.